The summed E-state index contributed by atoms with van der Waals surface area (Å²) in [6, 6.07) is 12.6. The van der Waals surface area contributed by atoms with E-state index in [0.717, 1.165) is 31.7 Å². The Hall–Kier alpha value is -2.14. The van der Waals surface area contributed by atoms with Gasteiger partial charge in [0.05, 0.1) is 11.9 Å². The van der Waals surface area contributed by atoms with Crippen LogP contribution in [0.25, 0.3) is 0 Å². The maximum Gasteiger partial charge on any atom is 0.170 e. The first-order valence-corrected chi connectivity index (χ1v) is 8.51. The molecule has 3 rings (SSSR count). The van der Waals surface area contributed by atoms with Crippen LogP contribution in [-0.2, 0) is 6.42 Å². The van der Waals surface area contributed by atoms with Crippen molar-refractivity contribution in [1.82, 2.24) is 10.3 Å². The topological polar surface area (TPSA) is 40.2 Å². The van der Waals surface area contributed by atoms with Gasteiger partial charge in [0.2, 0.25) is 0 Å². The molecule has 1 aromatic carbocycles. The molecule has 1 aromatic heterocycles. The molecule has 0 spiro atoms. The largest absolute Gasteiger partial charge is 0.371 e. The van der Waals surface area contributed by atoms with E-state index in [1.807, 2.05) is 12.1 Å². The van der Waals surface area contributed by atoms with E-state index >= 15 is 0 Å². The van der Waals surface area contributed by atoms with Crippen molar-refractivity contribution < 1.29 is 0 Å². The second-order valence-corrected chi connectivity index (χ2v) is 6.10. The number of nitrogens with one attached hydrogen (secondary N) is 2. The summed E-state index contributed by atoms with van der Waals surface area (Å²) in [5.41, 5.74) is 3.78. The average Bonchev–Trinajstić information content (AvgIpc) is 2.60. The second kappa shape index (κ2) is 7.92. The number of thiocarbonyl (C=S) groups is 1. The van der Waals surface area contributed by atoms with Crippen molar-refractivity contribution in [3.05, 3.63) is 54.4 Å². The fourth-order valence-corrected chi connectivity index (χ4v) is 3.15. The molecule has 0 amide bonds. The van der Waals surface area contributed by atoms with Crippen molar-refractivity contribution >= 4 is 28.7 Å². The standard InChI is InChI=1S/C18H22N4S/c23-18(21-16-8-3-10-19-14-16)20-11-5-13-22-12-4-7-15-6-1-2-9-17(15)22/h1-3,6,8-10,14H,4-5,7,11-13H2,(H2,20,21,23). The van der Waals surface area contributed by atoms with Crippen LogP contribution in [0, 0.1) is 0 Å². The molecule has 120 valence electrons. The molecular formula is C18H22N4S. The van der Waals surface area contributed by atoms with Gasteiger partial charge in [0.1, 0.15) is 0 Å². The number of aromatic nitrogens is 1. The molecule has 5 heteroatoms. The number of pyridine rings is 1. The summed E-state index contributed by atoms with van der Waals surface area (Å²) in [6.45, 7) is 3.07. The molecule has 4 nitrogen and oxygen atoms in total. The first-order valence-electron chi connectivity index (χ1n) is 8.11. The van der Waals surface area contributed by atoms with Gasteiger partial charge in [-0.2, -0.15) is 0 Å². The Morgan fingerprint density at radius 3 is 3.00 bits per heavy atom. The maximum absolute atomic E-state index is 5.31. The number of nitrogens with zero attached hydrogens (tertiary/aromatic N) is 2. The zero-order chi connectivity index (χ0) is 15.9. The minimum atomic E-state index is 0.650. The van der Waals surface area contributed by atoms with Gasteiger partial charge in [0.15, 0.2) is 5.11 Å². The Morgan fingerprint density at radius 2 is 2.13 bits per heavy atom. The molecule has 0 saturated heterocycles. The lowest BCUT2D eigenvalue weighted by Crippen LogP contribution is -2.34. The molecule has 0 aliphatic carbocycles. The van der Waals surface area contributed by atoms with Gasteiger partial charge in [-0.15, -0.1) is 0 Å². The number of fused-ring (bicyclic) bond motifs is 1. The Labute approximate surface area is 142 Å². The third-order valence-electron chi connectivity index (χ3n) is 4.02. The van der Waals surface area contributed by atoms with Crippen LogP contribution in [0.15, 0.2) is 48.8 Å². The van der Waals surface area contributed by atoms with Crippen molar-refractivity contribution in [3.63, 3.8) is 0 Å². The molecule has 2 heterocycles. The smallest absolute Gasteiger partial charge is 0.170 e. The molecular weight excluding hydrogens is 304 g/mol. The lowest BCUT2D eigenvalue weighted by atomic mass is 10.0. The van der Waals surface area contributed by atoms with Crippen molar-refractivity contribution in [2.24, 2.45) is 0 Å². The van der Waals surface area contributed by atoms with E-state index in [1.165, 1.54) is 24.1 Å². The van der Waals surface area contributed by atoms with Gasteiger partial charge in [-0.1, -0.05) is 18.2 Å². The monoisotopic (exact) mass is 326 g/mol. The van der Waals surface area contributed by atoms with Gasteiger partial charge in [-0.05, 0) is 55.2 Å². The van der Waals surface area contributed by atoms with Crippen LogP contribution in [0.1, 0.15) is 18.4 Å². The number of hydrogen-bond donors (Lipinski definition) is 2. The summed E-state index contributed by atoms with van der Waals surface area (Å²) < 4.78 is 0. The first-order chi connectivity index (χ1) is 11.3. The summed E-state index contributed by atoms with van der Waals surface area (Å²) in [4.78, 5) is 6.54. The molecule has 2 aromatic rings. The number of benzene rings is 1. The highest BCUT2D eigenvalue weighted by Gasteiger charge is 2.15. The Bertz CT molecular complexity index is 644. The molecule has 0 unspecified atom stereocenters. The van der Waals surface area contributed by atoms with Gasteiger partial charge >= 0.3 is 0 Å². The van der Waals surface area contributed by atoms with E-state index in [9.17, 15) is 0 Å². The van der Waals surface area contributed by atoms with Crippen LogP contribution in [0.2, 0.25) is 0 Å². The van der Waals surface area contributed by atoms with E-state index in [4.69, 9.17) is 12.2 Å². The molecule has 0 atom stereocenters. The number of para-hydroxylation sites is 1. The molecule has 23 heavy (non-hydrogen) atoms. The van der Waals surface area contributed by atoms with Gasteiger partial charge in [-0.25, -0.2) is 0 Å². The minimum Gasteiger partial charge on any atom is -0.371 e. The van der Waals surface area contributed by atoms with E-state index in [2.05, 4.69) is 44.8 Å². The molecule has 1 aliphatic rings. The lowest BCUT2D eigenvalue weighted by Gasteiger charge is -2.31. The van der Waals surface area contributed by atoms with E-state index in [1.54, 1.807) is 12.4 Å². The third kappa shape index (κ3) is 4.42. The fourth-order valence-electron chi connectivity index (χ4n) is 2.93. The van der Waals surface area contributed by atoms with Crippen LogP contribution in [0.5, 0.6) is 0 Å². The Morgan fingerprint density at radius 1 is 1.22 bits per heavy atom. The first kappa shape index (κ1) is 15.7. The van der Waals surface area contributed by atoms with Gasteiger partial charge in [0.25, 0.3) is 0 Å². The molecule has 0 radical (unpaired) electrons. The quantitative estimate of drug-likeness (QED) is 0.652. The van der Waals surface area contributed by atoms with Crippen LogP contribution >= 0.6 is 12.2 Å². The molecule has 1 aliphatic heterocycles. The minimum absolute atomic E-state index is 0.650. The summed E-state index contributed by atoms with van der Waals surface area (Å²) >= 11 is 5.31. The molecule has 0 fully saturated rings. The van der Waals surface area contributed by atoms with E-state index in [-0.39, 0.29) is 0 Å². The Balaban J connectivity index is 1.41. The van der Waals surface area contributed by atoms with Crippen molar-refractivity contribution in [2.75, 3.05) is 29.9 Å². The third-order valence-corrected chi connectivity index (χ3v) is 4.26. The zero-order valence-corrected chi connectivity index (χ0v) is 14.0. The summed E-state index contributed by atoms with van der Waals surface area (Å²) in [5.74, 6) is 0. The van der Waals surface area contributed by atoms with Crippen LogP contribution in [0.4, 0.5) is 11.4 Å². The Kier molecular flexibility index (Phi) is 5.42. The average molecular weight is 326 g/mol. The van der Waals surface area contributed by atoms with Gasteiger partial charge in [0, 0.05) is 31.5 Å². The van der Waals surface area contributed by atoms with Crippen LogP contribution in [-0.4, -0.2) is 29.7 Å². The zero-order valence-electron chi connectivity index (χ0n) is 13.2. The molecule has 0 bridgehead atoms. The molecule has 2 N–H and O–H groups in total. The number of aryl methyl sites for hydroxylation is 1. The predicted octanol–water partition coefficient (Wildman–Crippen LogP) is 3.21. The normalized spacial score (nSPS) is 13.3. The SMILES string of the molecule is S=C(NCCCN1CCCc2ccccc21)Nc1cccnc1. The maximum atomic E-state index is 5.31. The highest BCUT2D eigenvalue weighted by molar-refractivity contribution is 7.80. The molecule has 0 saturated carbocycles. The summed E-state index contributed by atoms with van der Waals surface area (Å²) in [5, 5.41) is 7.05. The summed E-state index contributed by atoms with van der Waals surface area (Å²) in [6.07, 6.45) is 7.01. The van der Waals surface area contributed by atoms with Crippen molar-refractivity contribution in [3.8, 4) is 0 Å². The fraction of sp³-hybridized carbons (Fsp3) is 0.333. The van der Waals surface area contributed by atoms with Gasteiger partial charge < -0.3 is 15.5 Å². The highest BCUT2D eigenvalue weighted by Crippen LogP contribution is 2.26. The number of rotatable bonds is 5. The van der Waals surface area contributed by atoms with Crippen LogP contribution < -0.4 is 15.5 Å². The lowest BCUT2D eigenvalue weighted by molar-refractivity contribution is 0.658. The van der Waals surface area contributed by atoms with Crippen molar-refractivity contribution in [1.29, 1.82) is 0 Å². The van der Waals surface area contributed by atoms with Crippen LogP contribution in [0.3, 0.4) is 0 Å². The number of hydrogen-bond acceptors (Lipinski definition) is 3. The number of anilines is 2. The van der Waals surface area contributed by atoms with E-state index in [0.29, 0.717) is 5.11 Å². The predicted molar refractivity (Wildman–Crippen MR) is 100 cm³/mol. The van der Waals surface area contributed by atoms with E-state index < -0.39 is 0 Å². The van der Waals surface area contributed by atoms with Gasteiger partial charge in [-0.3, -0.25) is 4.98 Å². The highest BCUT2D eigenvalue weighted by atomic mass is 32.1. The second-order valence-electron chi connectivity index (χ2n) is 5.70. The van der Waals surface area contributed by atoms with Crippen molar-refractivity contribution in [2.45, 2.75) is 19.3 Å². The summed E-state index contributed by atoms with van der Waals surface area (Å²) in [7, 11) is 0.